The van der Waals surface area contributed by atoms with E-state index in [-0.39, 0.29) is 12.3 Å². The molecule has 4 nitrogen and oxygen atoms in total. The molecule has 4 rings (SSSR count). The highest BCUT2D eigenvalue weighted by molar-refractivity contribution is 6.02. The highest BCUT2D eigenvalue weighted by Gasteiger charge is 2.30. The van der Waals surface area contributed by atoms with Crippen molar-refractivity contribution in [3.63, 3.8) is 0 Å². The summed E-state index contributed by atoms with van der Waals surface area (Å²) in [6.07, 6.45) is 13.4. The number of carboxylic acid groups (broad SMARTS) is 1. The number of ketones is 1. The van der Waals surface area contributed by atoms with Crippen molar-refractivity contribution < 1.29 is 14.7 Å². The van der Waals surface area contributed by atoms with Crippen molar-refractivity contribution in [2.45, 2.75) is 58.4 Å². The number of hydrogen-bond donors (Lipinski definition) is 1. The third-order valence-electron chi connectivity index (χ3n) is 6.57. The molecule has 1 aliphatic heterocycles. The van der Waals surface area contributed by atoms with Gasteiger partial charge in [-0.15, -0.1) is 0 Å². The standard InChI is InChI=1S/C27H29NO3/c1-4-9-20-14-21(27(30)31)16-28-24-15-19(17(3)29)12-13-23(24)25(26(28)22(20)5-2)18-10-7-6-8-11-18/h4-5,9,12-15,18H,2,6-8,10-11,16H2,1,3H3,(H,30,31)/b9-4-. The smallest absolute Gasteiger partial charge is 0.333 e. The molecule has 31 heavy (non-hydrogen) atoms. The molecule has 2 aromatic rings. The molecular weight excluding hydrogens is 386 g/mol. The first-order valence-corrected chi connectivity index (χ1v) is 11.1. The van der Waals surface area contributed by atoms with Crippen LogP contribution in [0.2, 0.25) is 0 Å². The molecule has 2 aliphatic rings. The summed E-state index contributed by atoms with van der Waals surface area (Å²) in [5, 5.41) is 11.0. The van der Waals surface area contributed by atoms with Gasteiger partial charge in [0, 0.05) is 22.0 Å². The molecule has 4 heteroatoms. The van der Waals surface area contributed by atoms with Gasteiger partial charge >= 0.3 is 5.97 Å². The van der Waals surface area contributed by atoms with Crippen molar-refractivity contribution in [3.8, 4) is 0 Å². The number of fused-ring (bicyclic) bond motifs is 3. The van der Waals surface area contributed by atoms with E-state index in [0.29, 0.717) is 17.1 Å². The average molecular weight is 416 g/mol. The summed E-state index contributed by atoms with van der Waals surface area (Å²) < 4.78 is 2.10. The summed E-state index contributed by atoms with van der Waals surface area (Å²) in [4.78, 5) is 24.2. The minimum absolute atomic E-state index is 0.00776. The van der Waals surface area contributed by atoms with E-state index in [1.54, 1.807) is 13.0 Å². The minimum Gasteiger partial charge on any atom is -0.478 e. The first-order chi connectivity index (χ1) is 15.0. The molecule has 1 aliphatic carbocycles. The van der Waals surface area contributed by atoms with E-state index in [4.69, 9.17) is 0 Å². The van der Waals surface area contributed by atoms with Crippen LogP contribution in [0.4, 0.5) is 0 Å². The number of aliphatic carboxylic acids is 1. The van der Waals surface area contributed by atoms with Gasteiger partial charge in [0.1, 0.15) is 0 Å². The number of carboxylic acids is 1. The van der Waals surface area contributed by atoms with Crippen LogP contribution in [-0.2, 0) is 11.3 Å². The van der Waals surface area contributed by atoms with Crippen molar-refractivity contribution in [3.05, 3.63) is 77.0 Å². The van der Waals surface area contributed by atoms with Gasteiger partial charge < -0.3 is 9.67 Å². The van der Waals surface area contributed by atoms with Gasteiger partial charge in [0.15, 0.2) is 5.78 Å². The van der Waals surface area contributed by atoms with Gasteiger partial charge in [-0.1, -0.05) is 56.2 Å². The molecular formula is C27H29NO3. The lowest BCUT2D eigenvalue weighted by atomic mass is 9.81. The molecule has 0 amide bonds. The summed E-state index contributed by atoms with van der Waals surface area (Å²) in [6, 6.07) is 5.88. The van der Waals surface area contributed by atoms with E-state index in [1.165, 1.54) is 24.8 Å². The maximum absolute atomic E-state index is 12.1. The van der Waals surface area contributed by atoms with E-state index in [1.807, 2.05) is 37.3 Å². The number of allylic oxidation sites excluding steroid dienone is 6. The first-order valence-electron chi connectivity index (χ1n) is 11.1. The van der Waals surface area contributed by atoms with Gasteiger partial charge in [0.05, 0.1) is 17.8 Å². The SMILES string of the molecule is C=CC1=C(/C=C\C)C=C(C(=O)O)Cn2c1c(C1CCCCC1)c1ccc(C(C)=O)cc12. The van der Waals surface area contributed by atoms with Crippen LogP contribution in [0.3, 0.4) is 0 Å². The van der Waals surface area contributed by atoms with Crippen molar-refractivity contribution >= 4 is 28.2 Å². The van der Waals surface area contributed by atoms with Crippen molar-refractivity contribution in [2.75, 3.05) is 0 Å². The molecule has 0 bridgehead atoms. The van der Waals surface area contributed by atoms with Gasteiger partial charge in [-0.05, 0) is 55.9 Å². The van der Waals surface area contributed by atoms with Crippen LogP contribution in [0, 0.1) is 0 Å². The quantitative estimate of drug-likeness (QED) is 0.572. The average Bonchev–Trinajstić information content (AvgIpc) is 2.97. The lowest BCUT2D eigenvalue weighted by Gasteiger charge is -2.24. The second kappa shape index (κ2) is 8.54. The van der Waals surface area contributed by atoms with Gasteiger partial charge in [-0.2, -0.15) is 0 Å². The maximum atomic E-state index is 12.1. The second-order valence-corrected chi connectivity index (χ2v) is 8.52. The maximum Gasteiger partial charge on any atom is 0.333 e. The summed E-state index contributed by atoms with van der Waals surface area (Å²) in [6.45, 7) is 7.85. The third-order valence-corrected chi connectivity index (χ3v) is 6.57. The molecule has 0 radical (unpaired) electrons. The third kappa shape index (κ3) is 3.71. The first kappa shape index (κ1) is 21.1. The van der Waals surface area contributed by atoms with Crippen molar-refractivity contribution in [2.24, 2.45) is 0 Å². The van der Waals surface area contributed by atoms with E-state index < -0.39 is 5.97 Å². The molecule has 0 atom stereocenters. The normalized spacial score (nSPS) is 17.5. The Morgan fingerprint density at radius 2 is 1.94 bits per heavy atom. The minimum atomic E-state index is -0.929. The fraction of sp³-hybridized carbons (Fsp3) is 0.333. The van der Waals surface area contributed by atoms with E-state index in [9.17, 15) is 14.7 Å². The highest BCUT2D eigenvalue weighted by atomic mass is 16.4. The zero-order valence-corrected chi connectivity index (χ0v) is 18.3. The fourth-order valence-corrected chi connectivity index (χ4v) is 5.13. The van der Waals surface area contributed by atoms with Crippen LogP contribution >= 0.6 is 0 Å². The predicted octanol–water partition coefficient (Wildman–Crippen LogP) is 6.43. The van der Waals surface area contributed by atoms with Crippen LogP contribution in [0.25, 0.3) is 16.5 Å². The van der Waals surface area contributed by atoms with Gasteiger partial charge in [-0.3, -0.25) is 4.79 Å². The van der Waals surface area contributed by atoms with Crippen LogP contribution in [0.1, 0.15) is 73.5 Å². The van der Waals surface area contributed by atoms with Crippen LogP contribution in [0.15, 0.2) is 60.2 Å². The van der Waals surface area contributed by atoms with Crippen LogP contribution in [-0.4, -0.2) is 21.4 Å². The molecule has 0 unspecified atom stereocenters. The lowest BCUT2D eigenvalue weighted by molar-refractivity contribution is -0.132. The number of aromatic nitrogens is 1. The Bertz CT molecular complexity index is 1170. The summed E-state index contributed by atoms with van der Waals surface area (Å²) in [7, 11) is 0. The molecule has 160 valence electrons. The Morgan fingerprint density at radius 3 is 2.55 bits per heavy atom. The molecule has 0 spiro atoms. The summed E-state index contributed by atoms with van der Waals surface area (Å²) in [5.74, 6) is -0.501. The zero-order chi connectivity index (χ0) is 22.1. The Kier molecular flexibility index (Phi) is 5.81. The number of hydrogen-bond acceptors (Lipinski definition) is 2. The number of Topliss-reactive ketones (excluding diaryl/α,β-unsaturated/α-hetero) is 1. The van der Waals surface area contributed by atoms with Gasteiger partial charge in [0.2, 0.25) is 0 Å². The molecule has 1 aromatic carbocycles. The van der Waals surface area contributed by atoms with E-state index >= 15 is 0 Å². The molecule has 0 saturated heterocycles. The second-order valence-electron chi connectivity index (χ2n) is 8.52. The largest absolute Gasteiger partial charge is 0.478 e. The molecule has 2 heterocycles. The van der Waals surface area contributed by atoms with Gasteiger partial charge in [-0.25, -0.2) is 4.79 Å². The molecule has 1 aromatic heterocycles. The monoisotopic (exact) mass is 415 g/mol. The lowest BCUT2D eigenvalue weighted by Crippen LogP contribution is -2.11. The Hall–Kier alpha value is -3.14. The summed E-state index contributed by atoms with van der Waals surface area (Å²) >= 11 is 0. The number of benzene rings is 1. The Labute approximate surface area is 183 Å². The number of nitrogens with zero attached hydrogens (tertiary/aromatic N) is 1. The van der Waals surface area contributed by atoms with Crippen LogP contribution in [0.5, 0.6) is 0 Å². The zero-order valence-electron chi connectivity index (χ0n) is 18.3. The highest BCUT2D eigenvalue weighted by Crippen LogP contribution is 2.44. The predicted molar refractivity (Wildman–Crippen MR) is 125 cm³/mol. The number of carbonyl (C=O) groups is 2. The van der Waals surface area contributed by atoms with E-state index in [2.05, 4.69) is 17.2 Å². The molecule has 1 saturated carbocycles. The molecule has 1 N–H and O–H groups in total. The Balaban J connectivity index is 2.12. The van der Waals surface area contributed by atoms with Crippen LogP contribution < -0.4 is 0 Å². The topological polar surface area (TPSA) is 59.3 Å². The molecule has 1 fully saturated rings. The van der Waals surface area contributed by atoms with Gasteiger partial charge in [0.25, 0.3) is 0 Å². The number of rotatable bonds is 5. The summed E-state index contributed by atoms with van der Waals surface area (Å²) in [5.41, 5.74) is 6.05. The van der Waals surface area contributed by atoms with Crippen molar-refractivity contribution in [1.29, 1.82) is 0 Å². The van der Waals surface area contributed by atoms with Crippen molar-refractivity contribution in [1.82, 2.24) is 4.57 Å². The number of carbonyl (C=O) groups excluding carboxylic acids is 1. The Morgan fingerprint density at radius 1 is 1.19 bits per heavy atom. The van der Waals surface area contributed by atoms with E-state index in [0.717, 1.165) is 40.6 Å². The fourth-order valence-electron chi connectivity index (χ4n) is 5.13.